The Morgan fingerprint density at radius 2 is 2.00 bits per heavy atom. The number of nitrogens with zero attached hydrogens (tertiary/aromatic N) is 1. The van der Waals surface area contributed by atoms with Crippen LogP contribution in [0, 0.1) is 0 Å². The first-order valence-corrected chi connectivity index (χ1v) is 10.7. The van der Waals surface area contributed by atoms with Gasteiger partial charge in [0, 0.05) is 12.6 Å². The Hall–Kier alpha value is -2.03. The van der Waals surface area contributed by atoms with Gasteiger partial charge in [-0.2, -0.15) is 0 Å². The van der Waals surface area contributed by atoms with E-state index in [1.807, 2.05) is 11.0 Å². The van der Waals surface area contributed by atoms with Crippen LogP contribution in [0.4, 0.5) is 0 Å². The van der Waals surface area contributed by atoms with E-state index in [9.17, 15) is 13.5 Å². The molecule has 0 spiro atoms. The van der Waals surface area contributed by atoms with E-state index >= 15 is 0 Å². The van der Waals surface area contributed by atoms with E-state index in [1.54, 1.807) is 43.7 Å². The summed E-state index contributed by atoms with van der Waals surface area (Å²) in [5.74, 6) is 2.40. The summed E-state index contributed by atoms with van der Waals surface area (Å²) < 4.78 is 39.8. The van der Waals surface area contributed by atoms with Crippen LogP contribution in [0.25, 0.3) is 0 Å². The van der Waals surface area contributed by atoms with Crippen molar-refractivity contribution < 1.29 is 27.4 Å². The van der Waals surface area contributed by atoms with Crippen LogP contribution in [-0.4, -0.2) is 62.3 Å². The molecule has 1 saturated heterocycles. The molecule has 1 aromatic heterocycles. The summed E-state index contributed by atoms with van der Waals surface area (Å²) in [5, 5.41) is 10.4. The predicted octanol–water partition coefficient (Wildman–Crippen LogP) is 1.72. The lowest BCUT2D eigenvalue weighted by atomic mass is 10.2. The number of aliphatic hydroxyl groups excluding tert-OH is 1. The molecule has 1 N–H and O–H groups in total. The van der Waals surface area contributed by atoms with E-state index in [2.05, 4.69) is 0 Å². The van der Waals surface area contributed by atoms with Gasteiger partial charge in [-0.25, -0.2) is 8.42 Å². The van der Waals surface area contributed by atoms with Crippen molar-refractivity contribution in [3.05, 3.63) is 48.4 Å². The Morgan fingerprint density at radius 3 is 2.59 bits per heavy atom. The van der Waals surface area contributed by atoms with E-state index in [-0.39, 0.29) is 24.2 Å². The molecule has 0 aliphatic carbocycles. The van der Waals surface area contributed by atoms with E-state index in [0.717, 1.165) is 11.5 Å². The number of sulfone groups is 1. The first-order valence-electron chi connectivity index (χ1n) is 8.87. The maximum atomic E-state index is 11.8. The molecule has 3 rings (SSSR count). The van der Waals surface area contributed by atoms with Crippen molar-refractivity contribution in [1.82, 2.24) is 4.90 Å². The van der Waals surface area contributed by atoms with Gasteiger partial charge in [-0.3, -0.25) is 4.90 Å². The summed E-state index contributed by atoms with van der Waals surface area (Å²) in [6, 6.07) is 10.6. The fourth-order valence-corrected chi connectivity index (χ4v) is 4.96. The molecule has 0 unspecified atom stereocenters. The second kappa shape index (κ2) is 8.77. The van der Waals surface area contributed by atoms with Crippen LogP contribution in [0.1, 0.15) is 12.2 Å². The molecular formula is C19H25NO6S. The van der Waals surface area contributed by atoms with Crippen LogP contribution in [0.3, 0.4) is 0 Å². The van der Waals surface area contributed by atoms with E-state index in [1.165, 1.54) is 0 Å². The van der Waals surface area contributed by atoms with E-state index in [0.29, 0.717) is 25.3 Å². The van der Waals surface area contributed by atoms with Crippen molar-refractivity contribution in [3.63, 3.8) is 0 Å². The highest BCUT2D eigenvalue weighted by Crippen LogP contribution is 2.21. The molecule has 7 nitrogen and oxygen atoms in total. The van der Waals surface area contributed by atoms with Crippen LogP contribution in [0.5, 0.6) is 11.5 Å². The van der Waals surface area contributed by atoms with Crippen molar-refractivity contribution in [2.45, 2.75) is 25.1 Å². The molecule has 0 bridgehead atoms. The first-order chi connectivity index (χ1) is 12.9. The van der Waals surface area contributed by atoms with Gasteiger partial charge in [0.1, 0.15) is 30.0 Å². The molecule has 1 aromatic carbocycles. The molecule has 2 heterocycles. The Labute approximate surface area is 159 Å². The minimum atomic E-state index is -3.01. The summed E-state index contributed by atoms with van der Waals surface area (Å²) in [6.45, 7) is 0.865. The van der Waals surface area contributed by atoms with Gasteiger partial charge < -0.3 is 19.0 Å². The summed E-state index contributed by atoms with van der Waals surface area (Å²) in [6.07, 6.45) is 1.39. The first kappa shape index (κ1) is 19.7. The predicted molar refractivity (Wildman–Crippen MR) is 101 cm³/mol. The second-order valence-electron chi connectivity index (χ2n) is 6.71. The van der Waals surface area contributed by atoms with Gasteiger partial charge in [0.2, 0.25) is 0 Å². The summed E-state index contributed by atoms with van der Waals surface area (Å²) in [7, 11) is -1.42. The van der Waals surface area contributed by atoms with Crippen molar-refractivity contribution in [2.75, 3.05) is 31.8 Å². The van der Waals surface area contributed by atoms with Gasteiger partial charge in [0.05, 0.1) is 31.4 Å². The number of rotatable bonds is 9. The van der Waals surface area contributed by atoms with Gasteiger partial charge in [0.15, 0.2) is 9.84 Å². The van der Waals surface area contributed by atoms with Crippen molar-refractivity contribution in [2.24, 2.45) is 0 Å². The highest BCUT2D eigenvalue weighted by Gasteiger charge is 2.33. The largest absolute Gasteiger partial charge is 0.497 e. The van der Waals surface area contributed by atoms with Crippen molar-refractivity contribution in [3.8, 4) is 11.5 Å². The Balaban J connectivity index is 1.58. The summed E-state index contributed by atoms with van der Waals surface area (Å²) in [4.78, 5) is 1.96. The lowest BCUT2D eigenvalue weighted by Gasteiger charge is -2.29. The van der Waals surface area contributed by atoms with Crippen LogP contribution < -0.4 is 9.47 Å². The van der Waals surface area contributed by atoms with Crippen molar-refractivity contribution in [1.29, 1.82) is 0 Å². The number of furan rings is 1. The number of ether oxygens (including phenoxy) is 2. The quantitative estimate of drug-likeness (QED) is 0.691. The van der Waals surface area contributed by atoms with Crippen molar-refractivity contribution >= 4 is 9.84 Å². The summed E-state index contributed by atoms with van der Waals surface area (Å²) in [5.41, 5.74) is 0. The molecular weight excluding hydrogens is 370 g/mol. The van der Waals surface area contributed by atoms with Gasteiger partial charge in [-0.1, -0.05) is 0 Å². The maximum Gasteiger partial charge on any atom is 0.151 e. The van der Waals surface area contributed by atoms with Crippen LogP contribution in [0.15, 0.2) is 47.1 Å². The molecule has 0 radical (unpaired) electrons. The zero-order valence-corrected chi connectivity index (χ0v) is 16.1. The highest BCUT2D eigenvalue weighted by atomic mass is 32.2. The van der Waals surface area contributed by atoms with E-state index < -0.39 is 15.9 Å². The molecule has 0 amide bonds. The lowest BCUT2D eigenvalue weighted by Crippen LogP contribution is -2.42. The van der Waals surface area contributed by atoms with Gasteiger partial charge >= 0.3 is 0 Å². The summed E-state index contributed by atoms with van der Waals surface area (Å²) >= 11 is 0. The Kier molecular flexibility index (Phi) is 6.41. The molecule has 8 heteroatoms. The average molecular weight is 395 g/mol. The third-order valence-corrected chi connectivity index (χ3v) is 6.36. The van der Waals surface area contributed by atoms with E-state index in [4.69, 9.17) is 13.9 Å². The number of aliphatic hydroxyl groups is 1. The van der Waals surface area contributed by atoms with Crippen LogP contribution in [0.2, 0.25) is 0 Å². The zero-order valence-electron chi connectivity index (χ0n) is 15.3. The molecule has 2 atom stereocenters. The van der Waals surface area contributed by atoms with Gasteiger partial charge in [-0.15, -0.1) is 0 Å². The highest BCUT2D eigenvalue weighted by molar-refractivity contribution is 7.91. The van der Waals surface area contributed by atoms with Gasteiger partial charge in [0.25, 0.3) is 0 Å². The van der Waals surface area contributed by atoms with Gasteiger partial charge in [-0.05, 0) is 42.8 Å². The number of hydrogen-bond acceptors (Lipinski definition) is 7. The molecule has 148 valence electrons. The SMILES string of the molecule is COc1ccc(OC[C@H](O)CN(Cc2ccco2)[C@H]2CCS(=O)(=O)C2)cc1. The average Bonchev–Trinajstić information content (AvgIpc) is 3.29. The fourth-order valence-electron chi connectivity index (χ4n) is 3.20. The van der Waals surface area contributed by atoms with Crippen LogP contribution >= 0.6 is 0 Å². The monoisotopic (exact) mass is 395 g/mol. The smallest absolute Gasteiger partial charge is 0.151 e. The minimum Gasteiger partial charge on any atom is -0.497 e. The zero-order chi connectivity index (χ0) is 19.3. The molecule has 2 aromatic rings. The maximum absolute atomic E-state index is 11.8. The topological polar surface area (TPSA) is 89.2 Å². The minimum absolute atomic E-state index is 0.111. The molecule has 1 aliphatic heterocycles. The fraction of sp³-hybridized carbons (Fsp3) is 0.474. The molecule has 0 saturated carbocycles. The number of benzene rings is 1. The number of hydrogen-bond donors (Lipinski definition) is 1. The number of methoxy groups -OCH3 is 1. The molecule has 1 fully saturated rings. The molecule has 1 aliphatic rings. The Bertz CT molecular complexity index is 803. The third-order valence-electron chi connectivity index (χ3n) is 4.61. The molecule has 27 heavy (non-hydrogen) atoms. The van der Waals surface area contributed by atoms with Crippen LogP contribution in [-0.2, 0) is 16.4 Å². The third kappa shape index (κ3) is 5.72. The standard InChI is InChI=1S/C19H25NO6S/c1-24-17-4-6-18(7-5-17)26-13-16(21)11-20(12-19-3-2-9-25-19)15-8-10-27(22,23)14-15/h2-7,9,15-16,21H,8,10-14H2,1H3/t15-,16+/m0/s1. The lowest BCUT2D eigenvalue weighted by molar-refractivity contribution is 0.0497. The Morgan fingerprint density at radius 1 is 1.26 bits per heavy atom. The normalized spacial score (nSPS) is 19.9. The second-order valence-corrected chi connectivity index (χ2v) is 8.93.